The summed E-state index contributed by atoms with van der Waals surface area (Å²) >= 11 is 34.7. The maximum atomic E-state index is 11.5. The fourth-order valence-corrected chi connectivity index (χ4v) is 4.30. The Morgan fingerprint density at radius 3 is 1.64 bits per heavy atom. The van der Waals surface area contributed by atoms with Crippen LogP contribution in [0.25, 0.3) is 22.6 Å². The highest BCUT2D eigenvalue weighted by Gasteiger charge is 2.15. The summed E-state index contributed by atoms with van der Waals surface area (Å²) in [7, 11) is 2.50. The maximum absolute atomic E-state index is 11.5. The number of hydrogen-bond donors (Lipinski definition) is 1. The van der Waals surface area contributed by atoms with Crippen molar-refractivity contribution in [2.45, 2.75) is 13.0 Å². The zero-order valence-electron chi connectivity index (χ0n) is 24.2. The van der Waals surface area contributed by atoms with Crippen LogP contribution in [-0.4, -0.2) is 47.4 Å². The van der Waals surface area contributed by atoms with Gasteiger partial charge in [0.15, 0.2) is 23.0 Å². The lowest BCUT2D eigenvalue weighted by Gasteiger charge is -2.01. The van der Waals surface area contributed by atoms with E-state index in [4.69, 9.17) is 83.8 Å². The van der Waals surface area contributed by atoms with Gasteiger partial charge in [0.1, 0.15) is 12.1 Å². The number of halogens is 6. The van der Waals surface area contributed by atoms with Crippen molar-refractivity contribution in [1.29, 1.82) is 0 Å². The number of Topliss-reactive ketones (excluding diaryl/α,β-unsaturated/α-hetero) is 1. The number of aliphatic hydroxyl groups is 1. The van der Waals surface area contributed by atoms with E-state index in [1.165, 1.54) is 38.5 Å². The summed E-state index contributed by atoms with van der Waals surface area (Å²) in [6.07, 6.45) is -0.297. The number of carbonyl (C=O) groups excluding carboxylic acids is 3. The van der Waals surface area contributed by atoms with Crippen molar-refractivity contribution in [1.82, 2.24) is 10.3 Å². The van der Waals surface area contributed by atoms with E-state index in [2.05, 4.69) is 19.8 Å². The Morgan fingerprint density at radius 1 is 0.660 bits per heavy atom. The molecule has 5 rings (SSSR count). The van der Waals surface area contributed by atoms with Crippen LogP contribution >= 0.6 is 69.6 Å². The fourth-order valence-electron chi connectivity index (χ4n) is 3.41. The molecule has 16 heteroatoms. The molecule has 0 amide bonds. The summed E-state index contributed by atoms with van der Waals surface area (Å²) in [6.45, 7) is -0.148. The van der Waals surface area contributed by atoms with Gasteiger partial charge in [0.05, 0.1) is 51.0 Å². The van der Waals surface area contributed by atoms with E-state index in [-0.39, 0.29) is 29.5 Å². The first-order chi connectivity index (χ1) is 22.4. The summed E-state index contributed by atoms with van der Waals surface area (Å²) in [5.74, 6) is -0.506. The number of aliphatic hydroxyl groups excluding tert-OH is 1. The van der Waals surface area contributed by atoms with Gasteiger partial charge in [0, 0.05) is 28.8 Å². The molecule has 0 bridgehead atoms. The Hall–Kier alpha value is -3.61. The number of ether oxygens (including phenoxy) is 2. The number of methoxy groups -OCH3 is 2. The Balaban J connectivity index is 0.000000192. The molecule has 2 heterocycles. The van der Waals surface area contributed by atoms with E-state index >= 15 is 0 Å². The summed E-state index contributed by atoms with van der Waals surface area (Å²) in [6, 6.07) is 17.7. The quantitative estimate of drug-likeness (QED) is 0.0968. The predicted molar refractivity (Wildman–Crippen MR) is 179 cm³/mol. The average molecular weight is 763 g/mol. The fraction of sp³-hybridized carbons (Fsp3) is 0.129. The molecule has 0 spiro atoms. The van der Waals surface area contributed by atoms with Crippen molar-refractivity contribution in [3.63, 3.8) is 0 Å². The normalized spacial score (nSPS) is 10.2. The minimum Gasteiger partial charge on any atom is -0.469 e. The van der Waals surface area contributed by atoms with Crippen LogP contribution in [0, 0.1) is 0 Å². The van der Waals surface area contributed by atoms with Crippen molar-refractivity contribution in [3.8, 4) is 22.6 Å². The molecule has 0 radical (unpaired) electrons. The number of ketones is 1. The van der Waals surface area contributed by atoms with Crippen molar-refractivity contribution in [3.05, 3.63) is 114 Å². The Kier molecular flexibility index (Phi) is 14.6. The zero-order chi connectivity index (χ0) is 34.7. The third kappa shape index (κ3) is 11.0. The lowest BCUT2D eigenvalue weighted by molar-refractivity contribution is -0.139. The van der Waals surface area contributed by atoms with Gasteiger partial charge in [0.25, 0.3) is 0 Å². The Morgan fingerprint density at radius 2 is 1.17 bits per heavy atom. The van der Waals surface area contributed by atoms with Gasteiger partial charge in [-0.3, -0.25) is 9.59 Å². The van der Waals surface area contributed by atoms with Gasteiger partial charge in [0.2, 0.25) is 0 Å². The number of carbonyl (C=O) groups is 3. The lowest BCUT2D eigenvalue weighted by Crippen LogP contribution is -2.09. The highest BCUT2D eigenvalue weighted by atomic mass is 35.5. The summed E-state index contributed by atoms with van der Waals surface area (Å²) in [4.78, 5) is 33.5. The lowest BCUT2D eigenvalue weighted by atomic mass is 10.1. The molecule has 246 valence electrons. The number of esters is 2. The van der Waals surface area contributed by atoms with Gasteiger partial charge in [-0.05, 0) is 54.6 Å². The molecule has 1 N–H and O–H groups in total. The van der Waals surface area contributed by atoms with E-state index in [1.54, 1.807) is 42.5 Å². The second-order valence-electron chi connectivity index (χ2n) is 8.97. The SMILES string of the molecule is COC(=O)CC(=O)c1ccc(Cl)c(Cl)c1.COC(=O)c1cc(-c2ccc(Cl)c(Cl)c2)on1.OCc1cc(-c2ccc(Cl)c(Cl)c2)on1. The number of hydrogen-bond acceptors (Lipinski definition) is 10. The zero-order valence-corrected chi connectivity index (χ0v) is 28.8. The standard InChI is InChI=1S/C11H7Cl2NO3.C10H7Cl2NO2.C10H8Cl2O3/c1-16-11(15)9-5-10(17-14-9)6-2-3-7(12)8(13)4-6;11-8-2-1-6(3-9(8)12)10-4-7(5-14)13-15-10;1-15-10(14)5-9(13)6-2-3-7(11)8(12)4-6/h2-5H,1H3;1-4,14H,5H2;2-4H,5H2,1H3. The van der Waals surface area contributed by atoms with Gasteiger partial charge < -0.3 is 23.6 Å². The first-order valence-corrected chi connectivity index (χ1v) is 15.2. The molecule has 0 aliphatic rings. The minimum absolute atomic E-state index is 0.105. The maximum Gasteiger partial charge on any atom is 0.360 e. The molecule has 0 saturated carbocycles. The predicted octanol–water partition coefficient (Wildman–Crippen LogP) is 9.31. The van der Waals surface area contributed by atoms with Gasteiger partial charge >= 0.3 is 11.9 Å². The first kappa shape index (κ1) is 37.8. The molecule has 0 aliphatic carbocycles. The van der Waals surface area contributed by atoms with Crippen molar-refractivity contribution < 1.29 is 38.0 Å². The van der Waals surface area contributed by atoms with E-state index < -0.39 is 11.9 Å². The number of nitrogens with zero attached hydrogens (tertiary/aromatic N) is 2. The van der Waals surface area contributed by atoms with Crippen LogP contribution in [0.5, 0.6) is 0 Å². The molecule has 47 heavy (non-hydrogen) atoms. The average Bonchev–Trinajstić information content (AvgIpc) is 3.76. The molecule has 0 saturated heterocycles. The van der Waals surface area contributed by atoms with Crippen LogP contribution in [0.1, 0.15) is 33.0 Å². The number of benzene rings is 3. The van der Waals surface area contributed by atoms with Crippen LogP contribution < -0.4 is 0 Å². The smallest absolute Gasteiger partial charge is 0.360 e. The number of aromatic nitrogens is 2. The topological polar surface area (TPSA) is 142 Å². The molecule has 3 aromatic carbocycles. The molecular weight excluding hydrogens is 741 g/mol. The van der Waals surface area contributed by atoms with E-state index in [1.807, 2.05) is 0 Å². The van der Waals surface area contributed by atoms with Crippen molar-refractivity contribution >= 4 is 87.3 Å². The van der Waals surface area contributed by atoms with Crippen molar-refractivity contribution in [2.75, 3.05) is 14.2 Å². The molecule has 0 unspecified atom stereocenters. The van der Waals surface area contributed by atoms with Gasteiger partial charge in [-0.1, -0.05) is 79.9 Å². The molecular formula is C31H22Cl6N2O8. The molecule has 0 atom stereocenters. The highest BCUT2D eigenvalue weighted by molar-refractivity contribution is 6.43. The second kappa shape index (κ2) is 18.1. The molecule has 0 aliphatic heterocycles. The van der Waals surface area contributed by atoms with Crippen LogP contribution in [0.4, 0.5) is 0 Å². The van der Waals surface area contributed by atoms with Gasteiger partial charge in [-0.15, -0.1) is 0 Å². The van der Waals surface area contributed by atoms with Crippen LogP contribution in [0.3, 0.4) is 0 Å². The van der Waals surface area contributed by atoms with Gasteiger partial charge in [-0.2, -0.15) is 0 Å². The Bertz CT molecular complexity index is 1870. The van der Waals surface area contributed by atoms with Crippen LogP contribution in [-0.2, 0) is 20.9 Å². The molecule has 2 aromatic heterocycles. The largest absolute Gasteiger partial charge is 0.469 e. The summed E-state index contributed by atoms with van der Waals surface area (Å²) < 4.78 is 18.9. The van der Waals surface area contributed by atoms with Gasteiger partial charge in [-0.25, -0.2) is 4.79 Å². The molecule has 10 nitrogen and oxygen atoms in total. The summed E-state index contributed by atoms with van der Waals surface area (Å²) in [5.41, 5.74) is 2.39. The number of rotatable bonds is 7. The molecule has 5 aromatic rings. The third-order valence-corrected chi connectivity index (χ3v) is 8.03. The monoisotopic (exact) mass is 760 g/mol. The Labute approximate surface area is 297 Å². The van der Waals surface area contributed by atoms with E-state index in [0.717, 1.165) is 5.56 Å². The first-order valence-electron chi connectivity index (χ1n) is 12.9. The second-order valence-corrected chi connectivity index (χ2v) is 11.4. The minimum atomic E-state index is -0.578. The van der Waals surface area contributed by atoms with E-state index in [0.29, 0.717) is 53.5 Å². The van der Waals surface area contributed by atoms with Crippen LogP contribution in [0.2, 0.25) is 30.1 Å². The van der Waals surface area contributed by atoms with E-state index in [9.17, 15) is 14.4 Å². The van der Waals surface area contributed by atoms with Crippen molar-refractivity contribution in [2.24, 2.45) is 0 Å². The highest BCUT2D eigenvalue weighted by Crippen LogP contribution is 2.30. The summed E-state index contributed by atoms with van der Waals surface area (Å²) in [5, 5.41) is 18.5. The third-order valence-electron chi connectivity index (χ3n) is 5.81. The molecule has 0 fully saturated rings. The van der Waals surface area contributed by atoms with Crippen LogP contribution in [0.15, 0.2) is 75.8 Å².